The Balaban J connectivity index is 2.42. The number of rotatable bonds is 7. The molecule has 8 nitrogen and oxygen atoms in total. The first kappa shape index (κ1) is 22.3. The molecule has 0 aliphatic carbocycles. The summed E-state index contributed by atoms with van der Waals surface area (Å²) in [5, 5.41) is 3.11. The van der Waals surface area contributed by atoms with Crippen molar-refractivity contribution in [2.45, 2.75) is 18.2 Å². The third-order valence-corrected chi connectivity index (χ3v) is 5.67. The highest BCUT2D eigenvalue weighted by Crippen LogP contribution is 2.36. The number of nitrogens with one attached hydrogen (secondary N) is 1. The number of anilines is 2. The Hall–Kier alpha value is -2.04. The number of thioether (sulfide) groups is 2. The van der Waals surface area contributed by atoms with Crippen molar-refractivity contribution in [1.29, 1.82) is 0 Å². The van der Waals surface area contributed by atoms with E-state index >= 15 is 0 Å². The van der Waals surface area contributed by atoms with E-state index in [1.165, 1.54) is 12.0 Å². The fourth-order valence-electron chi connectivity index (χ4n) is 2.40. The number of hydrogen-bond donors (Lipinski definition) is 1. The quantitative estimate of drug-likeness (QED) is 0.673. The summed E-state index contributed by atoms with van der Waals surface area (Å²) in [6.07, 6.45) is 0.238. The molecule has 0 radical (unpaired) electrons. The number of ether oxygens (including phenoxy) is 1. The second-order valence-corrected chi connectivity index (χ2v) is 8.31. The van der Waals surface area contributed by atoms with Crippen molar-refractivity contribution < 1.29 is 19.1 Å². The first-order valence-corrected chi connectivity index (χ1v) is 10.7. The molecule has 0 unspecified atom stereocenters. The molecule has 1 aromatic rings. The maximum absolute atomic E-state index is 12.5. The molecule has 3 amide bonds. The van der Waals surface area contributed by atoms with Gasteiger partial charge in [0, 0.05) is 4.90 Å². The number of methoxy groups -OCH3 is 1. The van der Waals surface area contributed by atoms with Crippen LogP contribution in [0, 0.1) is 0 Å². The van der Waals surface area contributed by atoms with Crippen LogP contribution < -0.4 is 10.2 Å². The molecule has 1 saturated heterocycles. The summed E-state index contributed by atoms with van der Waals surface area (Å²) in [7, 11) is 4.83. The third-order valence-electron chi connectivity index (χ3n) is 3.54. The van der Waals surface area contributed by atoms with Crippen LogP contribution in [0.4, 0.5) is 16.2 Å². The van der Waals surface area contributed by atoms with Gasteiger partial charge in [0.25, 0.3) is 0 Å². The number of likely N-dealkylation sites (N-methyl/N-ethyl adjacent to an activating group) is 1. The molecule has 10 heteroatoms. The van der Waals surface area contributed by atoms with Gasteiger partial charge in [0.05, 0.1) is 30.8 Å². The highest BCUT2D eigenvalue weighted by Gasteiger charge is 2.32. The lowest BCUT2D eigenvalue weighted by Gasteiger charge is -2.21. The zero-order valence-electron chi connectivity index (χ0n) is 16.4. The lowest BCUT2D eigenvalue weighted by Crippen LogP contribution is -2.32. The molecule has 1 heterocycles. The number of carbonyl (C=O) groups is 3. The van der Waals surface area contributed by atoms with Crippen LogP contribution in [0.2, 0.25) is 0 Å². The highest BCUT2D eigenvalue weighted by molar-refractivity contribution is 8.15. The van der Waals surface area contributed by atoms with E-state index in [0.29, 0.717) is 11.4 Å². The molecule has 0 atom stereocenters. The lowest BCUT2D eigenvalue weighted by atomic mass is 10.2. The van der Waals surface area contributed by atoms with Gasteiger partial charge in [-0.05, 0) is 44.5 Å². The Bertz CT molecular complexity index is 783. The van der Waals surface area contributed by atoms with Crippen LogP contribution in [0.3, 0.4) is 0 Å². The van der Waals surface area contributed by atoms with Crippen LogP contribution in [0.25, 0.3) is 0 Å². The first-order chi connectivity index (χ1) is 13.3. The normalized spacial score (nSPS) is 15.4. The lowest BCUT2D eigenvalue weighted by molar-refractivity contribution is -0.117. The molecule has 0 saturated carbocycles. The summed E-state index contributed by atoms with van der Waals surface area (Å²) in [5.74, 6) is 0.685. The van der Waals surface area contributed by atoms with Crippen molar-refractivity contribution in [3.05, 3.63) is 18.2 Å². The largest absolute Gasteiger partial charge is 0.451 e. The van der Waals surface area contributed by atoms with Gasteiger partial charge in [0.15, 0.2) is 5.17 Å². The van der Waals surface area contributed by atoms with Crippen molar-refractivity contribution in [2.24, 2.45) is 4.99 Å². The molecule has 152 valence electrons. The fraction of sp³-hybridized carbons (Fsp3) is 0.444. The summed E-state index contributed by atoms with van der Waals surface area (Å²) in [5.41, 5.74) is 0.979. The maximum atomic E-state index is 12.5. The van der Waals surface area contributed by atoms with Crippen LogP contribution in [0.15, 0.2) is 28.1 Å². The van der Waals surface area contributed by atoms with Gasteiger partial charge in [0.1, 0.15) is 0 Å². The molecular weight excluding hydrogens is 400 g/mol. The Morgan fingerprint density at radius 1 is 1.39 bits per heavy atom. The zero-order chi connectivity index (χ0) is 20.7. The van der Waals surface area contributed by atoms with Crippen molar-refractivity contribution in [3.63, 3.8) is 0 Å². The molecule has 0 spiro atoms. The molecule has 0 aromatic heterocycles. The zero-order valence-corrected chi connectivity index (χ0v) is 18.0. The highest BCUT2D eigenvalue weighted by atomic mass is 32.2. The summed E-state index contributed by atoms with van der Waals surface area (Å²) >= 11 is 2.82. The smallest absolute Gasteiger partial charge is 0.435 e. The van der Waals surface area contributed by atoms with Gasteiger partial charge in [-0.3, -0.25) is 14.5 Å². The van der Waals surface area contributed by atoms with Crippen molar-refractivity contribution in [3.8, 4) is 0 Å². The molecular formula is C18H24N4O4S2. The predicted octanol–water partition coefficient (Wildman–Crippen LogP) is 2.89. The average molecular weight is 425 g/mol. The van der Waals surface area contributed by atoms with Crippen LogP contribution in [-0.2, 0) is 14.3 Å². The van der Waals surface area contributed by atoms with Gasteiger partial charge >= 0.3 is 6.09 Å². The van der Waals surface area contributed by atoms with Crippen LogP contribution >= 0.6 is 23.5 Å². The Morgan fingerprint density at radius 3 is 2.79 bits per heavy atom. The maximum Gasteiger partial charge on any atom is 0.435 e. The van der Waals surface area contributed by atoms with E-state index in [0.717, 1.165) is 28.8 Å². The van der Waals surface area contributed by atoms with E-state index in [1.54, 1.807) is 36.8 Å². The van der Waals surface area contributed by atoms with Crippen LogP contribution in [0.5, 0.6) is 0 Å². The summed E-state index contributed by atoms with van der Waals surface area (Å²) < 4.78 is 4.58. The molecule has 1 N–H and O–H groups in total. The second-order valence-electron chi connectivity index (χ2n) is 6.20. The average Bonchev–Trinajstić information content (AvgIpc) is 2.99. The first-order valence-electron chi connectivity index (χ1n) is 8.69. The number of amidine groups is 1. The predicted molar refractivity (Wildman–Crippen MR) is 114 cm³/mol. The minimum Gasteiger partial charge on any atom is -0.451 e. The Labute approximate surface area is 173 Å². The van der Waals surface area contributed by atoms with Gasteiger partial charge in [-0.2, -0.15) is 4.99 Å². The molecule has 28 heavy (non-hydrogen) atoms. The Kier molecular flexibility index (Phi) is 8.34. The second kappa shape index (κ2) is 10.5. The molecule has 1 aromatic carbocycles. The minimum absolute atomic E-state index is 0.160. The van der Waals surface area contributed by atoms with Crippen LogP contribution in [0.1, 0.15) is 13.3 Å². The molecule has 1 fully saturated rings. The summed E-state index contributed by atoms with van der Waals surface area (Å²) in [4.78, 5) is 44.3. The molecule has 1 aliphatic rings. The number of amides is 3. The topological polar surface area (TPSA) is 91.3 Å². The van der Waals surface area contributed by atoms with Gasteiger partial charge < -0.3 is 15.0 Å². The van der Waals surface area contributed by atoms with Gasteiger partial charge in [0.2, 0.25) is 11.8 Å². The fourth-order valence-corrected chi connectivity index (χ4v) is 4.06. The summed E-state index contributed by atoms with van der Waals surface area (Å²) in [6, 6.07) is 5.50. The van der Waals surface area contributed by atoms with Gasteiger partial charge in [-0.1, -0.05) is 18.7 Å². The molecule has 1 aliphatic heterocycles. The molecule has 0 bridgehead atoms. The van der Waals surface area contributed by atoms with E-state index in [4.69, 9.17) is 0 Å². The standard InChI is InChI=1S/C18H24N4O4S2/c1-5-8-27-12-6-7-14(13(9-12)19-15(23)10-21(2)3)22-16(24)11-28-17(22)20-18(25)26-4/h6-7,9H,5,8,10-11H2,1-4H3,(H,19,23). The number of aliphatic imine (C=N–C) groups is 1. The van der Waals surface area contributed by atoms with Gasteiger partial charge in [-0.15, -0.1) is 11.8 Å². The third kappa shape index (κ3) is 5.98. The van der Waals surface area contributed by atoms with E-state index < -0.39 is 6.09 Å². The van der Waals surface area contributed by atoms with E-state index in [-0.39, 0.29) is 29.3 Å². The van der Waals surface area contributed by atoms with Gasteiger partial charge in [-0.25, -0.2) is 4.79 Å². The van der Waals surface area contributed by atoms with E-state index in [9.17, 15) is 14.4 Å². The number of carbonyl (C=O) groups excluding carboxylic acids is 3. The van der Waals surface area contributed by atoms with Crippen molar-refractivity contribution in [2.75, 3.05) is 49.5 Å². The van der Waals surface area contributed by atoms with E-state index in [2.05, 4.69) is 22.0 Å². The van der Waals surface area contributed by atoms with Crippen LogP contribution in [-0.4, -0.2) is 67.2 Å². The minimum atomic E-state index is -0.782. The summed E-state index contributed by atoms with van der Waals surface area (Å²) in [6.45, 7) is 2.30. The number of nitrogens with zero attached hydrogens (tertiary/aromatic N) is 3. The Morgan fingerprint density at radius 2 is 2.14 bits per heavy atom. The van der Waals surface area contributed by atoms with Crippen molar-refractivity contribution >= 4 is 58.0 Å². The SMILES string of the molecule is CCCSc1ccc(N2C(=O)CSC2=NC(=O)OC)c(NC(=O)CN(C)C)c1. The molecule has 2 rings (SSSR count). The monoisotopic (exact) mass is 424 g/mol. The van der Waals surface area contributed by atoms with E-state index in [1.807, 2.05) is 12.1 Å². The number of benzene rings is 1. The van der Waals surface area contributed by atoms with Crippen molar-refractivity contribution in [1.82, 2.24) is 4.90 Å². The number of hydrogen-bond acceptors (Lipinski definition) is 7.